The lowest BCUT2D eigenvalue weighted by Crippen LogP contribution is -2.03. The van der Waals surface area contributed by atoms with Crippen molar-refractivity contribution in [2.45, 2.75) is 13.5 Å². The highest BCUT2D eigenvalue weighted by atomic mass is 127. The molecule has 0 aliphatic rings. The summed E-state index contributed by atoms with van der Waals surface area (Å²) in [5.74, 6) is -0.245. The number of aryl methyl sites for hydroxylation is 1. The summed E-state index contributed by atoms with van der Waals surface area (Å²) in [4.78, 5) is 1.24. The Morgan fingerprint density at radius 1 is 1.47 bits per heavy atom. The molecule has 3 N–H and O–H groups in total. The van der Waals surface area contributed by atoms with Crippen molar-refractivity contribution in [2.75, 3.05) is 11.1 Å². The number of anilines is 2. The maximum atomic E-state index is 13.4. The fraction of sp³-hybridized carbons (Fsp3) is 0.167. The lowest BCUT2D eigenvalue weighted by Gasteiger charge is -2.10. The van der Waals surface area contributed by atoms with Crippen molar-refractivity contribution in [2.24, 2.45) is 0 Å². The van der Waals surface area contributed by atoms with Gasteiger partial charge in [0.05, 0.1) is 14.9 Å². The van der Waals surface area contributed by atoms with Gasteiger partial charge in [-0.05, 0) is 52.6 Å². The molecule has 0 spiro atoms. The number of benzene rings is 1. The van der Waals surface area contributed by atoms with Crippen LogP contribution in [0.25, 0.3) is 0 Å². The van der Waals surface area contributed by atoms with Gasteiger partial charge in [0.1, 0.15) is 5.82 Å². The molecule has 0 radical (unpaired) electrons. The third-order valence-electron chi connectivity index (χ3n) is 2.50. The van der Waals surface area contributed by atoms with Gasteiger partial charge in [-0.1, -0.05) is 0 Å². The van der Waals surface area contributed by atoms with E-state index in [9.17, 15) is 4.39 Å². The predicted molar refractivity (Wildman–Crippen MR) is 79.9 cm³/mol. The van der Waals surface area contributed by atoms with Gasteiger partial charge in [0, 0.05) is 17.5 Å². The van der Waals surface area contributed by atoms with E-state index in [-0.39, 0.29) is 5.82 Å². The molecular formula is C12H12FIN2S. The van der Waals surface area contributed by atoms with Crippen LogP contribution in [0.15, 0.2) is 23.6 Å². The van der Waals surface area contributed by atoms with Crippen LogP contribution >= 0.6 is 33.9 Å². The minimum atomic E-state index is -0.245. The van der Waals surface area contributed by atoms with Gasteiger partial charge in [0.2, 0.25) is 0 Å². The second kappa shape index (κ2) is 5.22. The zero-order valence-electron chi connectivity index (χ0n) is 9.26. The molecule has 0 atom stereocenters. The van der Waals surface area contributed by atoms with E-state index >= 15 is 0 Å². The quantitative estimate of drug-likeness (QED) is 0.640. The molecule has 90 valence electrons. The zero-order valence-corrected chi connectivity index (χ0v) is 12.2. The lowest BCUT2D eigenvalue weighted by molar-refractivity contribution is 0.621. The molecule has 0 aliphatic heterocycles. The number of hydrogen-bond acceptors (Lipinski definition) is 3. The third kappa shape index (κ3) is 2.90. The first-order chi connectivity index (χ1) is 8.08. The average molecular weight is 362 g/mol. The Kier molecular flexibility index (Phi) is 3.88. The van der Waals surface area contributed by atoms with Crippen LogP contribution < -0.4 is 11.1 Å². The molecule has 0 bridgehead atoms. The van der Waals surface area contributed by atoms with E-state index in [0.29, 0.717) is 21.5 Å². The van der Waals surface area contributed by atoms with Crippen molar-refractivity contribution in [3.8, 4) is 0 Å². The van der Waals surface area contributed by atoms with E-state index in [1.165, 1.54) is 16.5 Å². The summed E-state index contributed by atoms with van der Waals surface area (Å²) in [6.45, 7) is 2.74. The number of thiophene rings is 1. The lowest BCUT2D eigenvalue weighted by atomic mass is 10.2. The molecule has 0 unspecified atom stereocenters. The van der Waals surface area contributed by atoms with Crippen LogP contribution in [0.3, 0.4) is 0 Å². The van der Waals surface area contributed by atoms with Gasteiger partial charge in [0.25, 0.3) is 0 Å². The fourth-order valence-corrected chi connectivity index (χ4v) is 2.81. The molecule has 1 aromatic carbocycles. The molecule has 2 nitrogen and oxygen atoms in total. The van der Waals surface area contributed by atoms with Crippen LogP contribution in [0.4, 0.5) is 15.8 Å². The summed E-state index contributed by atoms with van der Waals surface area (Å²) >= 11 is 3.61. The number of nitrogens with two attached hydrogens (primary N) is 1. The van der Waals surface area contributed by atoms with Gasteiger partial charge in [-0.25, -0.2) is 4.39 Å². The molecule has 0 fully saturated rings. The summed E-state index contributed by atoms with van der Waals surface area (Å²) in [6.07, 6.45) is 0. The third-order valence-corrected chi connectivity index (χ3v) is 4.35. The van der Waals surface area contributed by atoms with Crippen LogP contribution in [0.5, 0.6) is 0 Å². The number of rotatable bonds is 3. The standard InChI is InChI=1S/C12H12FIN2S/c1-7-2-3-17-12(7)6-16-11-4-8(13)9(14)5-10(11)15/h2-5,16H,6,15H2,1H3. The number of nitrogen functional groups attached to an aromatic ring is 1. The van der Waals surface area contributed by atoms with E-state index in [1.54, 1.807) is 17.4 Å². The van der Waals surface area contributed by atoms with Crippen LogP contribution in [0.1, 0.15) is 10.4 Å². The molecule has 5 heteroatoms. The monoisotopic (exact) mass is 362 g/mol. The molecule has 0 saturated heterocycles. The number of nitrogens with one attached hydrogen (secondary N) is 1. The molecule has 0 aliphatic carbocycles. The Bertz CT molecular complexity index is 539. The molecule has 0 saturated carbocycles. The highest BCUT2D eigenvalue weighted by Crippen LogP contribution is 2.25. The topological polar surface area (TPSA) is 38.0 Å². The van der Waals surface area contributed by atoms with Crippen molar-refractivity contribution in [3.05, 3.63) is 43.4 Å². The first-order valence-electron chi connectivity index (χ1n) is 5.09. The Hall–Kier alpha value is -0.820. The van der Waals surface area contributed by atoms with Crippen LogP contribution in [0.2, 0.25) is 0 Å². The smallest absolute Gasteiger partial charge is 0.138 e. The Balaban J connectivity index is 2.14. The SMILES string of the molecule is Cc1ccsc1CNc1cc(F)c(I)cc1N. The first-order valence-corrected chi connectivity index (χ1v) is 7.05. The molecule has 1 aromatic heterocycles. The summed E-state index contributed by atoms with van der Waals surface area (Å²) in [7, 11) is 0. The van der Waals surface area contributed by atoms with Gasteiger partial charge in [-0.15, -0.1) is 11.3 Å². The fourth-order valence-electron chi connectivity index (χ4n) is 1.48. The Morgan fingerprint density at radius 2 is 2.24 bits per heavy atom. The van der Waals surface area contributed by atoms with Crippen molar-refractivity contribution in [1.29, 1.82) is 0 Å². The van der Waals surface area contributed by atoms with Gasteiger partial charge >= 0.3 is 0 Å². The molecule has 17 heavy (non-hydrogen) atoms. The molecule has 0 amide bonds. The maximum Gasteiger partial charge on any atom is 0.138 e. The summed E-state index contributed by atoms with van der Waals surface area (Å²) < 4.78 is 13.9. The average Bonchev–Trinajstić information content (AvgIpc) is 2.68. The molecular weight excluding hydrogens is 350 g/mol. The Labute approximate surface area is 117 Å². The number of hydrogen-bond donors (Lipinski definition) is 2. The maximum absolute atomic E-state index is 13.4. The van der Waals surface area contributed by atoms with E-state index < -0.39 is 0 Å². The largest absolute Gasteiger partial charge is 0.397 e. The van der Waals surface area contributed by atoms with Crippen LogP contribution in [-0.4, -0.2) is 0 Å². The van der Waals surface area contributed by atoms with Gasteiger partial charge < -0.3 is 11.1 Å². The number of halogens is 2. The minimum absolute atomic E-state index is 0.245. The van der Waals surface area contributed by atoms with Crippen molar-refractivity contribution < 1.29 is 4.39 Å². The molecule has 2 rings (SSSR count). The summed E-state index contributed by atoms with van der Waals surface area (Å²) in [6, 6.07) is 5.15. The van der Waals surface area contributed by atoms with E-state index in [0.717, 1.165) is 0 Å². The van der Waals surface area contributed by atoms with Gasteiger partial charge in [-0.3, -0.25) is 0 Å². The van der Waals surface area contributed by atoms with Crippen LogP contribution in [-0.2, 0) is 6.54 Å². The Morgan fingerprint density at radius 3 is 2.88 bits per heavy atom. The van der Waals surface area contributed by atoms with Gasteiger partial charge in [-0.2, -0.15) is 0 Å². The minimum Gasteiger partial charge on any atom is -0.397 e. The molecule has 1 heterocycles. The second-order valence-corrected chi connectivity index (χ2v) is 5.90. The van der Waals surface area contributed by atoms with Crippen molar-refractivity contribution in [1.82, 2.24) is 0 Å². The van der Waals surface area contributed by atoms with Crippen molar-refractivity contribution in [3.63, 3.8) is 0 Å². The zero-order chi connectivity index (χ0) is 12.4. The van der Waals surface area contributed by atoms with E-state index in [4.69, 9.17) is 5.73 Å². The van der Waals surface area contributed by atoms with Crippen LogP contribution in [0, 0.1) is 16.3 Å². The van der Waals surface area contributed by atoms with Crippen molar-refractivity contribution >= 4 is 45.3 Å². The van der Waals surface area contributed by atoms with E-state index in [1.807, 2.05) is 28.0 Å². The summed E-state index contributed by atoms with van der Waals surface area (Å²) in [5, 5.41) is 5.21. The normalized spacial score (nSPS) is 10.5. The second-order valence-electron chi connectivity index (χ2n) is 3.73. The van der Waals surface area contributed by atoms with E-state index in [2.05, 4.69) is 18.3 Å². The summed E-state index contributed by atoms with van der Waals surface area (Å²) in [5.41, 5.74) is 8.30. The van der Waals surface area contributed by atoms with Gasteiger partial charge in [0.15, 0.2) is 0 Å². The predicted octanol–water partition coefficient (Wildman–Crippen LogP) is 3.99. The highest BCUT2D eigenvalue weighted by molar-refractivity contribution is 14.1. The highest BCUT2D eigenvalue weighted by Gasteiger charge is 2.06. The first kappa shape index (κ1) is 12.6. The molecule has 2 aromatic rings.